The molecule has 0 radical (unpaired) electrons. The molecule has 0 fully saturated rings. The van der Waals surface area contributed by atoms with Gasteiger partial charge in [0.1, 0.15) is 5.75 Å². The molecule has 1 rings (SSSR count). The molecule has 1 atom stereocenters. The van der Waals surface area contributed by atoms with Gasteiger partial charge in [-0.25, -0.2) is 9.59 Å². The van der Waals surface area contributed by atoms with Gasteiger partial charge in [0.15, 0.2) is 0 Å². The number of ether oxygens (including phenoxy) is 3. The Bertz CT molecular complexity index is 464. The summed E-state index contributed by atoms with van der Waals surface area (Å²) in [5.41, 5.74) is 0.426. The average Bonchev–Trinajstić information content (AvgIpc) is 2.47. The van der Waals surface area contributed by atoms with Gasteiger partial charge >= 0.3 is 11.9 Å². The standard InChI is InChI=1S/C15H18O5/c1-4-6-14(20-13(16)5-2)19-12-9-7-11(8-10-12)15(17)18-3/h5,7-10,14H,2,4,6H2,1,3H3. The van der Waals surface area contributed by atoms with Crippen LogP contribution in [0.25, 0.3) is 0 Å². The minimum absolute atomic E-state index is 0.417. The summed E-state index contributed by atoms with van der Waals surface area (Å²) in [6.07, 6.45) is 1.79. The summed E-state index contributed by atoms with van der Waals surface area (Å²) in [4.78, 5) is 22.5. The number of carbonyl (C=O) groups excluding carboxylic acids is 2. The zero-order chi connectivity index (χ0) is 15.0. The Morgan fingerprint density at radius 2 is 1.95 bits per heavy atom. The van der Waals surface area contributed by atoms with Gasteiger partial charge in [-0.3, -0.25) is 0 Å². The normalized spacial score (nSPS) is 11.3. The van der Waals surface area contributed by atoms with E-state index in [2.05, 4.69) is 11.3 Å². The molecule has 0 saturated heterocycles. The lowest BCUT2D eigenvalue weighted by molar-refractivity contribution is -0.158. The topological polar surface area (TPSA) is 61.8 Å². The first-order valence-electron chi connectivity index (χ1n) is 6.28. The smallest absolute Gasteiger partial charge is 0.337 e. The summed E-state index contributed by atoms with van der Waals surface area (Å²) in [5, 5.41) is 0. The van der Waals surface area contributed by atoms with Crippen LogP contribution in [0.1, 0.15) is 30.1 Å². The fraction of sp³-hybridized carbons (Fsp3) is 0.333. The Labute approximate surface area is 118 Å². The second-order valence-electron chi connectivity index (χ2n) is 3.99. The van der Waals surface area contributed by atoms with Crippen molar-refractivity contribution in [3.8, 4) is 5.75 Å². The van der Waals surface area contributed by atoms with E-state index in [1.807, 2.05) is 6.92 Å². The predicted octanol–water partition coefficient (Wildman–Crippen LogP) is 2.71. The highest BCUT2D eigenvalue weighted by Gasteiger charge is 2.14. The summed E-state index contributed by atoms with van der Waals surface area (Å²) in [6.45, 7) is 5.30. The molecule has 1 unspecified atom stereocenters. The van der Waals surface area contributed by atoms with Crippen LogP contribution in [-0.4, -0.2) is 25.3 Å². The summed E-state index contributed by atoms with van der Waals surface area (Å²) >= 11 is 0. The van der Waals surface area contributed by atoms with E-state index in [-0.39, 0.29) is 0 Å². The molecule has 0 amide bonds. The third kappa shape index (κ3) is 4.76. The molecule has 5 nitrogen and oxygen atoms in total. The maximum atomic E-state index is 11.3. The predicted molar refractivity (Wildman–Crippen MR) is 73.4 cm³/mol. The van der Waals surface area contributed by atoms with Crippen molar-refractivity contribution >= 4 is 11.9 Å². The third-order valence-electron chi connectivity index (χ3n) is 2.48. The molecule has 1 aromatic carbocycles. The molecule has 0 saturated carbocycles. The van der Waals surface area contributed by atoms with Crippen molar-refractivity contribution in [1.82, 2.24) is 0 Å². The summed E-state index contributed by atoms with van der Waals surface area (Å²) in [5.74, 6) is -0.442. The molecule has 0 N–H and O–H groups in total. The monoisotopic (exact) mass is 278 g/mol. The molecule has 108 valence electrons. The Balaban J connectivity index is 2.70. The summed E-state index contributed by atoms with van der Waals surface area (Å²) in [7, 11) is 1.32. The van der Waals surface area contributed by atoms with Crippen molar-refractivity contribution < 1.29 is 23.8 Å². The highest BCUT2D eigenvalue weighted by molar-refractivity contribution is 5.89. The molecule has 20 heavy (non-hydrogen) atoms. The van der Waals surface area contributed by atoms with Gasteiger partial charge in [0.2, 0.25) is 6.29 Å². The van der Waals surface area contributed by atoms with E-state index in [1.54, 1.807) is 24.3 Å². The fourth-order valence-corrected chi connectivity index (χ4v) is 1.49. The molecule has 0 aromatic heterocycles. The van der Waals surface area contributed by atoms with Gasteiger partial charge in [0.05, 0.1) is 12.7 Å². The van der Waals surface area contributed by atoms with Crippen LogP contribution >= 0.6 is 0 Å². The Kier molecular flexibility index (Phi) is 6.29. The number of hydrogen-bond acceptors (Lipinski definition) is 5. The lowest BCUT2D eigenvalue weighted by atomic mass is 10.2. The molecule has 0 aliphatic rings. The highest BCUT2D eigenvalue weighted by atomic mass is 16.7. The quantitative estimate of drug-likeness (QED) is 0.436. The number of esters is 2. The van der Waals surface area contributed by atoms with Crippen LogP contribution in [0.5, 0.6) is 5.75 Å². The first-order valence-corrected chi connectivity index (χ1v) is 6.28. The lowest BCUT2D eigenvalue weighted by Crippen LogP contribution is -2.23. The fourth-order valence-electron chi connectivity index (χ4n) is 1.49. The highest BCUT2D eigenvalue weighted by Crippen LogP contribution is 2.17. The van der Waals surface area contributed by atoms with Crippen molar-refractivity contribution in [3.63, 3.8) is 0 Å². The van der Waals surface area contributed by atoms with Crippen LogP contribution in [-0.2, 0) is 14.3 Å². The molecular formula is C15H18O5. The zero-order valence-corrected chi connectivity index (χ0v) is 11.6. The number of benzene rings is 1. The van der Waals surface area contributed by atoms with E-state index in [9.17, 15) is 9.59 Å². The van der Waals surface area contributed by atoms with Crippen LogP contribution in [0.15, 0.2) is 36.9 Å². The van der Waals surface area contributed by atoms with Crippen molar-refractivity contribution in [2.45, 2.75) is 26.1 Å². The SMILES string of the molecule is C=CC(=O)OC(CCC)Oc1ccc(C(=O)OC)cc1. The number of carbonyl (C=O) groups is 2. The van der Waals surface area contributed by atoms with Gasteiger partial charge < -0.3 is 14.2 Å². The summed E-state index contributed by atoms with van der Waals surface area (Å²) in [6, 6.07) is 6.41. The second-order valence-corrected chi connectivity index (χ2v) is 3.99. The van der Waals surface area contributed by atoms with E-state index in [0.29, 0.717) is 17.7 Å². The minimum Gasteiger partial charge on any atom is -0.465 e. The Morgan fingerprint density at radius 3 is 2.45 bits per heavy atom. The zero-order valence-electron chi connectivity index (χ0n) is 11.6. The van der Waals surface area contributed by atoms with Crippen LogP contribution in [0.3, 0.4) is 0 Å². The van der Waals surface area contributed by atoms with Crippen LogP contribution in [0, 0.1) is 0 Å². The van der Waals surface area contributed by atoms with Gasteiger partial charge in [-0.05, 0) is 30.7 Å². The molecule has 0 spiro atoms. The maximum absolute atomic E-state index is 11.3. The number of methoxy groups -OCH3 is 1. The van der Waals surface area contributed by atoms with E-state index in [0.717, 1.165) is 12.5 Å². The van der Waals surface area contributed by atoms with Gasteiger partial charge in [-0.2, -0.15) is 0 Å². The van der Waals surface area contributed by atoms with E-state index < -0.39 is 18.2 Å². The lowest BCUT2D eigenvalue weighted by Gasteiger charge is -2.18. The largest absolute Gasteiger partial charge is 0.465 e. The van der Waals surface area contributed by atoms with Crippen LogP contribution < -0.4 is 4.74 Å². The molecule has 0 aliphatic heterocycles. The molecule has 0 bridgehead atoms. The van der Waals surface area contributed by atoms with Gasteiger partial charge in [-0.15, -0.1) is 0 Å². The van der Waals surface area contributed by atoms with Gasteiger partial charge in [0, 0.05) is 12.5 Å². The average molecular weight is 278 g/mol. The molecule has 5 heteroatoms. The van der Waals surface area contributed by atoms with Crippen LogP contribution in [0.4, 0.5) is 0 Å². The first kappa shape index (κ1) is 15.8. The van der Waals surface area contributed by atoms with E-state index >= 15 is 0 Å². The third-order valence-corrected chi connectivity index (χ3v) is 2.48. The summed E-state index contributed by atoms with van der Waals surface area (Å²) < 4.78 is 15.2. The van der Waals surface area contributed by atoms with E-state index in [1.165, 1.54) is 7.11 Å². The molecular weight excluding hydrogens is 260 g/mol. The van der Waals surface area contributed by atoms with Crippen molar-refractivity contribution in [2.75, 3.05) is 7.11 Å². The maximum Gasteiger partial charge on any atom is 0.337 e. The minimum atomic E-state index is -0.672. The second kappa shape index (κ2) is 7.99. The first-order chi connectivity index (χ1) is 9.60. The molecule has 0 aliphatic carbocycles. The van der Waals surface area contributed by atoms with E-state index in [4.69, 9.17) is 9.47 Å². The van der Waals surface area contributed by atoms with Gasteiger partial charge in [-0.1, -0.05) is 13.5 Å². The van der Waals surface area contributed by atoms with Crippen molar-refractivity contribution in [2.24, 2.45) is 0 Å². The van der Waals surface area contributed by atoms with Crippen molar-refractivity contribution in [1.29, 1.82) is 0 Å². The van der Waals surface area contributed by atoms with Crippen LogP contribution in [0.2, 0.25) is 0 Å². The number of hydrogen-bond donors (Lipinski definition) is 0. The Hall–Kier alpha value is -2.30. The Morgan fingerprint density at radius 1 is 1.30 bits per heavy atom. The molecule has 0 heterocycles. The molecule has 1 aromatic rings. The van der Waals surface area contributed by atoms with Gasteiger partial charge in [0.25, 0.3) is 0 Å². The number of rotatable bonds is 7. The van der Waals surface area contributed by atoms with Crippen molar-refractivity contribution in [3.05, 3.63) is 42.5 Å².